The third kappa shape index (κ3) is 5.21. The predicted octanol–water partition coefficient (Wildman–Crippen LogP) is 4.41. The number of methoxy groups -OCH3 is 1. The Bertz CT molecular complexity index is 946. The quantitative estimate of drug-likeness (QED) is 0.612. The summed E-state index contributed by atoms with van der Waals surface area (Å²) in [6.45, 7) is 2.81. The van der Waals surface area contributed by atoms with Crippen LogP contribution in [0.3, 0.4) is 0 Å². The zero-order valence-corrected chi connectivity index (χ0v) is 17.6. The number of carbonyl (C=O) groups excluding carboxylic acids is 1. The van der Waals surface area contributed by atoms with Crippen LogP contribution in [0.5, 0.6) is 11.5 Å². The first-order chi connectivity index (χ1) is 14.7. The van der Waals surface area contributed by atoms with E-state index in [1.54, 1.807) is 31.4 Å². The molecule has 1 amide bonds. The molecule has 1 unspecified atom stereocenters. The fourth-order valence-electron chi connectivity index (χ4n) is 3.94. The summed E-state index contributed by atoms with van der Waals surface area (Å²) in [7, 11) is 1.55. The van der Waals surface area contributed by atoms with Crippen molar-refractivity contribution in [1.29, 1.82) is 5.26 Å². The van der Waals surface area contributed by atoms with Gasteiger partial charge in [-0.05, 0) is 60.6 Å². The Labute approximate surface area is 178 Å². The molecule has 1 aliphatic carbocycles. The first-order valence-electron chi connectivity index (χ1n) is 10.4. The zero-order chi connectivity index (χ0) is 21.3. The number of rotatable bonds is 8. The molecule has 0 fully saturated rings. The van der Waals surface area contributed by atoms with E-state index < -0.39 is 0 Å². The normalized spacial score (nSPS) is 15.3. The van der Waals surface area contributed by atoms with Crippen molar-refractivity contribution in [2.75, 3.05) is 20.3 Å². The molecule has 0 aliphatic heterocycles. The van der Waals surface area contributed by atoms with Crippen molar-refractivity contribution in [1.82, 2.24) is 4.90 Å². The second kappa shape index (κ2) is 10.5. The molecular formula is C25H28N2O3. The van der Waals surface area contributed by atoms with Gasteiger partial charge in [0.1, 0.15) is 6.07 Å². The van der Waals surface area contributed by atoms with E-state index >= 15 is 0 Å². The number of carbonyl (C=O) groups is 1. The summed E-state index contributed by atoms with van der Waals surface area (Å²) in [6, 6.07) is 16.1. The van der Waals surface area contributed by atoms with E-state index in [-0.39, 0.29) is 18.6 Å². The summed E-state index contributed by atoms with van der Waals surface area (Å²) in [4.78, 5) is 15.0. The highest BCUT2D eigenvalue weighted by molar-refractivity contribution is 5.92. The van der Waals surface area contributed by atoms with Gasteiger partial charge in [0.25, 0.3) is 0 Å². The van der Waals surface area contributed by atoms with Crippen LogP contribution in [-0.4, -0.2) is 37.1 Å². The fraction of sp³-hybridized carbons (Fsp3) is 0.360. The van der Waals surface area contributed by atoms with Crippen LogP contribution in [0.2, 0.25) is 0 Å². The third-order valence-electron chi connectivity index (χ3n) is 5.41. The highest BCUT2D eigenvalue weighted by Gasteiger charge is 2.26. The molecule has 3 rings (SSSR count). The van der Waals surface area contributed by atoms with E-state index in [1.807, 2.05) is 17.0 Å². The van der Waals surface area contributed by atoms with Crippen LogP contribution in [0.1, 0.15) is 36.5 Å². The van der Waals surface area contributed by atoms with Gasteiger partial charge in [-0.1, -0.05) is 37.3 Å². The monoisotopic (exact) mass is 404 g/mol. The molecular weight excluding hydrogens is 376 g/mol. The first kappa shape index (κ1) is 21.4. The van der Waals surface area contributed by atoms with E-state index in [1.165, 1.54) is 11.1 Å². The Morgan fingerprint density at radius 3 is 2.77 bits per heavy atom. The van der Waals surface area contributed by atoms with Gasteiger partial charge in [0.15, 0.2) is 18.1 Å². The number of amides is 1. The minimum Gasteiger partial charge on any atom is -0.493 e. The number of hydrogen-bond acceptors (Lipinski definition) is 4. The van der Waals surface area contributed by atoms with Crippen LogP contribution >= 0.6 is 0 Å². The number of benzene rings is 2. The summed E-state index contributed by atoms with van der Waals surface area (Å²) in [5, 5.41) is 8.68. The molecule has 30 heavy (non-hydrogen) atoms. The van der Waals surface area contributed by atoms with E-state index in [9.17, 15) is 4.79 Å². The molecule has 1 atom stereocenters. The molecule has 0 aromatic heterocycles. The molecule has 0 heterocycles. The van der Waals surface area contributed by atoms with Crippen molar-refractivity contribution in [3.63, 3.8) is 0 Å². The highest BCUT2D eigenvalue weighted by atomic mass is 16.5. The lowest BCUT2D eigenvalue weighted by atomic mass is 9.87. The highest BCUT2D eigenvalue weighted by Crippen LogP contribution is 2.29. The number of aryl methyl sites for hydroxylation is 1. The molecule has 5 heteroatoms. The summed E-state index contributed by atoms with van der Waals surface area (Å²) in [5.74, 6) is 1.08. The van der Waals surface area contributed by atoms with Gasteiger partial charge in [0, 0.05) is 18.7 Å². The van der Waals surface area contributed by atoms with Gasteiger partial charge in [0.05, 0.1) is 7.11 Å². The number of ether oxygens (including phenoxy) is 2. The summed E-state index contributed by atoms with van der Waals surface area (Å²) in [5.41, 5.74) is 3.60. The molecule has 0 spiro atoms. The fourth-order valence-corrected chi connectivity index (χ4v) is 3.94. The Balaban J connectivity index is 1.72. The maximum atomic E-state index is 13.0. The summed E-state index contributed by atoms with van der Waals surface area (Å²) >= 11 is 0. The average Bonchev–Trinajstić information content (AvgIpc) is 2.79. The van der Waals surface area contributed by atoms with Crippen LogP contribution < -0.4 is 9.47 Å². The molecule has 0 N–H and O–H groups in total. The standard InChI is InChI=1S/C25H28N2O3/c1-3-15-27(22-11-10-20-6-4-5-7-21(20)18-22)25(28)13-9-19-8-12-23(30-16-14-26)24(17-19)29-2/h4-9,12-13,17,22H,3,10-11,15-16,18H2,1-2H3/b13-9+. The first-order valence-corrected chi connectivity index (χ1v) is 10.4. The lowest BCUT2D eigenvalue weighted by Crippen LogP contribution is -2.43. The maximum absolute atomic E-state index is 13.0. The third-order valence-corrected chi connectivity index (χ3v) is 5.41. The zero-order valence-electron chi connectivity index (χ0n) is 17.6. The van der Waals surface area contributed by atoms with Gasteiger partial charge < -0.3 is 14.4 Å². The van der Waals surface area contributed by atoms with Crippen molar-refractivity contribution in [3.8, 4) is 17.6 Å². The molecule has 0 saturated carbocycles. The molecule has 0 radical (unpaired) electrons. The lowest BCUT2D eigenvalue weighted by Gasteiger charge is -2.34. The number of nitriles is 1. The van der Waals surface area contributed by atoms with Crippen molar-refractivity contribution < 1.29 is 14.3 Å². The number of nitrogens with zero attached hydrogens (tertiary/aromatic N) is 2. The Hall–Kier alpha value is -3.26. The topological polar surface area (TPSA) is 62.6 Å². The Morgan fingerprint density at radius 1 is 1.23 bits per heavy atom. The van der Waals surface area contributed by atoms with Crippen molar-refractivity contribution in [2.24, 2.45) is 0 Å². The van der Waals surface area contributed by atoms with Gasteiger partial charge in [-0.2, -0.15) is 5.26 Å². The van der Waals surface area contributed by atoms with Gasteiger partial charge in [0.2, 0.25) is 5.91 Å². The van der Waals surface area contributed by atoms with E-state index in [0.717, 1.165) is 37.8 Å². The summed E-state index contributed by atoms with van der Waals surface area (Å²) < 4.78 is 10.7. The smallest absolute Gasteiger partial charge is 0.246 e. The summed E-state index contributed by atoms with van der Waals surface area (Å²) in [6.07, 6.45) is 7.29. The number of hydrogen-bond donors (Lipinski definition) is 0. The minimum atomic E-state index is -0.0411. The SMILES string of the molecule is CCCN(C(=O)/C=C/c1ccc(OCC#N)c(OC)c1)C1CCc2ccccc2C1. The Morgan fingerprint density at radius 2 is 2.03 bits per heavy atom. The van der Waals surface area contributed by atoms with E-state index in [0.29, 0.717) is 11.5 Å². The largest absolute Gasteiger partial charge is 0.493 e. The van der Waals surface area contributed by atoms with Crippen LogP contribution in [0.15, 0.2) is 48.5 Å². The second-order valence-corrected chi connectivity index (χ2v) is 7.39. The van der Waals surface area contributed by atoms with Crippen molar-refractivity contribution in [3.05, 3.63) is 65.2 Å². The van der Waals surface area contributed by atoms with E-state index in [2.05, 4.69) is 31.2 Å². The average molecular weight is 405 g/mol. The molecule has 0 bridgehead atoms. The maximum Gasteiger partial charge on any atom is 0.246 e. The van der Waals surface area contributed by atoms with Crippen LogP contribution in [0.25, 0.3) is 6.08 Å². The van der Waals surface area contributed by atoms with Crippen molar-refractivity contribution in [2.45, 2.75) is 38.6 Å². The second-order valence-electron chi connectivity index (χ2n) is 7.39. The van der Waals surface area contributed by atoms with Gasteiger partial charge in [-0.25, -0.2) is 0 Å². The molecule has 156 valence electrons. The van der Waals surface area contributed by atoms with Gasteiger partial charge in [-0.3, -0.25) is 4.79 Å². The molecule has 1 aliphatic rings. The van der Waals surface area contributed by atoms with Crippen LogP contribution in [0, 0.1) is 11.3 Å². The molecule has 2 aromatic carbocycles. The predicted molar refractivity (Wildman–Crippen MR) is 117 cm³/mol. The van der Waals surface area contributed by atoms with E-state index in [4.69, 9.17) is 14.7 Å². The minimum absolute atomic E-state index is 0.0324. The lowest BCUT2D eigenvalue weighted by molar-refractivity contribution is -0.128. The molecule has 2 aromatic rings. The Kier molecular flexibility index (Phi) is 7.51. The number of fused-ring (bicyclic) bond motifs is 1. The van der Waals surface area contributed by atoms with Gasteiger partial charge in [-0.15, -0.1) is 0 Å². The van der Waals surface area contributed by atoms with Crippen LogP contribution in [0.4, 0.5) is 0 Å². The van der Waals surface area contributed by atoms with Crippen LogP contribution in [-0.2, 0) is 17.6 Å². The van der Waals surface area contributed by atoms with Gasteiger partial charge >= 0.3 is 0 Å². The molecule has 5 nitrogen and oxygen atoms in total. The molecule has 0 saturated heterocycles. The van der Waals surface area contributed by atoms with Crippen molar-refractivity contribution >= 4 is 12.0 Å².